The van der Waals surface area contributed by atoms with Crippen molar-refractivity contribution in [2.24, 2.45) is 0 Å². The van der Waals surface area contributed by atoms with Crippen LogP contribution in [0.15, 0.2) is 53.1 Å². The highest BCUT2D eigenvalue weighted by Crippen LogP contribution is 2.40. The number of likely N-dealkylation sites (tertiary alicyclic amines) is 1. The van der Waals surface area contributed by atoms with Crippen LogP contribution < -0.4 is 5.32 Å². The molecular formula is C22H23ClN2O2S. The minimum atomic E-state index is -0.225. The van der Waals surface area contributed by atoms with Gasteiger partial charge in [0.1, 0.15) is 5.00 Å². The third-order valence-corrected chi connectivity index (χ3v) is 6.29. The summed E-state index contributed by atoms with van der Waals surface area (Å²) in [7, 11) is 0. The van der Waals surface area contributed by atoms with Crippen LogP contribution in [0.4, 0.5) is 5.00 Å². The van der Waals surface area contributed by atoms with Crippen LogP contribution in [0.1, 0.15) is 51.9 Å². The lowest BCUT2D eigenvalue weighted by Crippen LogP contribution is -2.34. The second kappa shape index (κ2) is 8.52. The summed E-state index contributed by atoms with van der Waals surface area (Å²) < 4.78 is 5.26. The molecule has 1 fully saturated rings. The quantitative estimate of drug-likeness (QED) is 0.546. The van der Waals surface area contributed by atoms with E-state index in [9.17, 15) is 4.79 Å². The summed E-state index contributed by atoms with van der Waals surface area (Å²) >= 11 is 7.91. The Morgan fingerprint density at radius 1 is 1.18 bits per heavy atom. The zero-order valence-electron chi connectivity index (χ0n) is 15.8. The number of thiophene rings is 1. The van der Waals surface area contributed by atoms with Crippen molar-refractivity contribution in [3.63, 3.8) is 0 Å². The number of hydrogen-bond donors (Lipinski definition) is 1. The first-order valence-corrected chi connectivity index (χ1v) is 10.8. The van der Waals surface area contributed by atoms with Gasteiger partial charge in [0.2, 0.25) is 0 Å². The largest absolute Gasteiger partial charge is 0.459 e. The number of nitrogens with zero attached hydrogens (tertiary/aromatic N) is 1. The van der Waals surface area contributed by atoms with Crippen LogP contribution in [-0.4, -0.2) is 23.9 Å². The van der Waals surface area contributed by atoms with E-state index >= 15 is 0 Å². The zero-order chi connectivity index (χ0) is 19.5. The smallest absolute Gasteiger partial charge is 0.291 e. The Morgan fingerprint density at radius 2 is 2.00 bits per heavy atom. The summed E-state index contributed by atoms with van der Waals surface area (Å²) in [5, 5.41) is 4.66. The first-order chi connectivity index (χ1) is 13.6. The van der Waals surface area contributed by atoms with E-state index in [1.165, 1.54) is 25.5 Å². The fourth-order valence-corrected chi connectivity index (χ4v) is 4.99. The van der Waals surface area contributed by atoms with Crippen LogP contribution in [-0.2, 0) is 0 Å². The molecule has 0 bridgehead atoms. The van der Waals surface area contributed by atoms with E-state index in [0.29, 0.717) is 5.76 Å². The molecule has 0 unspecified atom stereocenters. The molecule has 4 rings (SSSR count). The molecular weight excluding hydrogens is 392 g/mol. The number of carbonyl (C=O) groups excluding carboxylic acids is 1. The van der Waals surface area contributed by atoms with E-state index in [1.54, 1.807) is 23.5 Å². The van der Waals surface area contributed by atoms with Gasteiger partial charge in [-0.05, 0) is 68.8 Å². The predicted molar refractivity (Wildman–Crippen MR) is 114 cm³/mol. The second-order valence-electron chi connectivity index (χ2n) is 7.13. The Morgan fingerprint density at radius 3 is 2.71 bits per heavy atom. The molecule has 1 N–H and O–H groups in total. The van der Waals surface area contributed by atoms with Crippen molar-refractivity contribution in [1.29, 1.82) is 0 Å². The van der Waals surface area contributed by atoms with Gasteiger partial charge in [-0.3, -0.25) is 9.69 Å². The summed E-state index contributed by atoms with van der Waals surface area (Å²) in [6.45, 7) is 4.15. The number of halogens is 1. The third-order valence-electron chi connectivity index (χ3n) is 5.07. The number of benzene rings is 1. The number of aryl methyl sites for hydroxylation is 1. The van der Waals surface area contributed by atoms with Crippen LogP contribution >= 0.6 is 22.9 Å². The number of hydrogen-bond acceptors (Lipinski definition) is 4. The molecule has 0 spiro atoms. The van der Waals surface area contributed by atoms with Gasteiger partial charge in [-0.2, -0.15) is 0 Å². The average Bonchev–Trinajstić information content (AvgIpc) is 3.34. The van der Waals surface area contributed by atoms with Gasteiger partial charge >= 0.3 is 0 Å². The number of piperidine rings is 1. The fraction of sp³-hybridized carbons (Fsp3) is 0.318. The predicted octanol–water partition coefficient (Wildman–Crippen LogP) is 6.13. The molecule has 1 aromatic carbocycles. The van der Waals surface area contributed by atoms with Gasteiger partial charge in [0, 0.05) is 15.5 Å². The molecule has 4 nitrogen and oxygen atoms in total. The summed E-state index contributed by atoms with van der Waals surface area (Å²) in [6.07, 6.45) is 5.16. The lowest BCUT2D eigenvalue weighted by Gasteiger charge is -2.35. The minimum Gasteiger partial charge on any atom is -0.459 e. The van der Waals surface area contributed by atoms with Crippen LogP contribution in [0.2, 0.25) is 5.02 Å². The van der Waals surface area contributed by atoms with Crippen molar-refractivity contribution < 1.29 is 9.21 Å². The number of carbonyl (C=O) groups is 1. The molecule has 2 aromatic heterocycles. The van der Waals surface area contributed by atoms with E-state index < -0.39 is 0 Å². The average molecular weight is 415 g/mol. The van der Waals surface area contributed by atoms with Gasteiger partial charge in [0.05, 0.1) is 12.3 Å². The van der Waals surface area contributed by atoms with Crippen LogP contribution in [0.3, 0.4) is 0 Å². The highest BCUT2D eigenvalue weighted by Gasteiger charge is 2.28. The van der Waals surface area contributed by atoms with Crippen molar-refractivity contribution in [3.8, 4) is 0 Å². The van der Waals surface area contributed by atoms with Crippen molar-refractivity contribution in [2.75, 3.05) is 18.4 Å². The Hall–Kier alpha value is -2.08. The third kappa shape index (κ3) is 4.17. The summed E-state index contributed by atoms with van der Waals surface area (Å²) in [5.41, 5.74) is 2.27. The number of amides is 1. The van der Waals surface area contributed by atoms with Crippen LogP contribution in [0.25, 0.3) is 0 Å². The maximum Gasteiger partial charge on any atom is 0.291 e. The molecule has 1 saturated heterocycles. The van der Waals surface area contributed by atoms with Crippen molar-refractivity contribution >= 4 is 33.8 Å². The lowest BCUT2D eigenvalue weighted by molar-refractivity contribution is 0.0996. The first-order valence-electron chi connectivity index (χ1n) is 9.56. The molecule has 0 aliphatic carbocycles. The van der Waals surface area contributed by atoms with Crippen LogP contribution in [0.5, 0.6) is 0 Å². The standard InChI is InChI=1S/C22H23ClN2O2S/c1-15-13-18(22(28-15)24-21(26)19-9-6-12-27-19)20(25-10-3-2-4-11-25)16-7-5-8-17(23)14-16/h5-9,12-14,20H,2-4,10-11H2,1H3,(H,24,26)/t20-/m0/s1. The Labute approximate surface area is 174 Å². The molecule has 6 heteroatoms. The van der Waals surface area contributed by atoms with Gasteiger partial charge in [-0.25, -0.2) is 0 Å². The maximum atomic E-state index is 12.6. The van der Waals surface area contributed by atoms with E-state index in [2.05, 4.69) is 29.3 Å². The van der Waals surface area contributed by atoms with Gasteiger partial charge in [0.15, 0.2) is 5.76 Å². The number of anilines is 1. The summed E-state index contributed by atoms with van der Waals surface area (Å²) in [5.74, 6) is 0.0888. The van der Waals surface area contributed by atoms with Gasteiger partial charge in [0.25, 0.3) is 5.91 Å². The summed E-state index contributed by atoms with van der Waals surface area (Å²) in [6, 6.07) is 13.7. The Bertz CT molecular complexity index is 945. The highest BCUT2D eigenvalue weighted by molar-refractivity contribution is 7.16. The van der Waals surface area contributed by atoms with Crippen molar-refractivity contribution in [1.82, 2.24) is 4.90 Å². The molecule has 1 aliphatic heterocycles. The number of furan rings is 1. The van der Waals surface area contributed by atoms with E-state index in [-0.39, 0.29) is 11.9 Å². The Kier molecular flexibility index (Phi) is 5.85. The van der Waals surface area contributed by atoms with Crippen molar-refractivity contribution in [3.05, 3.63) is 75.5 Å². The van der Waals surface area contributed by atoms with Crippen LogP contribution in [0, 0.1) is 6.92 Å². The van der Waals surface area contributed by atoms with E-state index in [1.807, 2.05) is 18.2 Å². The van der Waals surface area contributed by atoms with E-state index in [4.69, 9.17) is 16.0 Å². The molecule has 1 amide bonds. The first kappa shape index (κ1) is 19.2. The van der Waals surface area contributed by atoms with Gasteiger partial charge in [-0.15, -0.1) is 11.3 Å². The van der Waals surface area contributed by atoms with E-state index in [0.717, 1.165) is 39.1 Å². The van der Waals surface area contributed by atoms with Crippen molar-refractivity contribution in [2.45, 2.75) is 32.2 Å². The highest BCUT2D eigenvalue weighted by atomic mass is 35.5. The molecule has 1 aliphatic rings. The topological polar surface area (TPSA) is 45.5 Å². The number of nitrogens with one attached hydrogen (secondary N) is 1. The molecule has 0 radical (unpaired) electrons. The molecule has 3 aromatic rings. The summed E-state index contributed by atoms with van der Waals surface area (Å²) in [4.78, 5) is 16.3. The molecule has 3 heterocycles. The fourth-order valence-electron chi connectivity index (χ4n) is 3.85. The molecule has 0 saturated carbocycles. The molecule has 146 valence electrons. The maximum absolute atomic E-state index is 12.6. The normalized spacial score (nSPS) is 16.1. The second-order valence-corrected chi connectivity index (χ2v) is 8.82. The SMILES string of the molecule is Cc1cc([C@H](c2cccc(Cl)c2)N2CCCCC2)c(NC(=O)c2ccco2)s1. The molecule has 1 atom stereocenters. The molecule has 28 heavy (non-hydrogen) atoms. The lowest BCUT2D eigenvalue weighted by atomic mass is 9.96. The zero-order valence-corrected chi connectivity index (χ0v) is 17.4. The number of rotatable bonds is 5. The monoisotopic (exact) mass is 414 g/mol. The minimum absolute atomic E-state index is 0.0656. The van der Waals surface area contributed by atoms with Gasteiger partial charge in [-0.1, -0.05) is 30.2 Å². The van der Waals surface area contributed by atoms with Gasteiger partial charge < -0.3 is 9.73 Å². The Balaban J connectivity index is 1.72.